The monoisotopic (exact) mass is 344 g/mol. The molecule has 0 bridgehead atoms. The lowest BCUT2D eigenvalue weighted by Gasteiger charge is -2.21. The summed E-state index contributed by atoms with van der Waals surface area (Å²) in [4.78, 5) is 23.6. The third-order valence-electron chi connectivity index (χ3n) is 3.37. The molecule has 1 aromatic rings. The van der Waals surface area contributed by atoms with Crippen molar-refractivity contribution in [3.8, 4) is 0 Å². The van der Waals surface area contributed by atoms with E-state index < -0.39 is 12.0 Å². The van der Waals surface area contributed by atoms with Crippen molar-refractivity contribution < 1.29 is 14.7 Å². The van der Waals surface area contributed by atoms with Crippen LogP contribution in [0.5, 0.6) is 0 Å². The summed E-state index contributed by atoms with van der Waals surface area (Å²) in [6.45, 7) is 7.65. The van der Waals surface area contributed by atoms with Gasteiger partial charge in [-0.15, -0.1) is 0 Å². The molecule has 5 nitrogen and oxygen atoms in total. The number of aliphatic carboxylic acids is 1. The van der Waals surface area contributed by atoms with Gasteiger partial charge in [0.15, 0.2) is 0 Å². The average Bonchev–Trinajstić information content (AvgIpc) is 2.76. The van der Waals surface area contributed by atoms with Crippen molar-refractivity contribution >= 4 is 27.8 Å². The van der Waals surface area contributed by atoms with Crippen molar-refractivity contribution in [3.05, 3.63) is 22.4 Å². The molecule has 0 saturated heterocycles. The summed E-state index contributed by atoms with van der Waals surface area (Å²) >= 11 is 3.34. The van der Waals surface area contributed by atoms with Crippen molar-refractivity contribution in [2.75, 3.05) is 0 Å². The molecule has 0 aromatic carbocycles. The average molecular weight is 345 g/mol. The van der Waals surface area contributed by atoms with Gasteiger partial charge in [-0.2, -0.15) is 0 Å². The van der Waals surface area contributed by atoms with E-state index in [-0.39, 0.29) is 17.9 Å². The van der Waals surface area contributed by atoms with Crippen LogP contribution in [-0.2, 0) is 4.79 Å². The summed E-state index contributed by atoms with van der Waals surface area (Å²) in [7, 11) is 0. The molecule has 0 spiro atoms. The SMILES string of the molecule is CCC(C)C(NC(=O)c1cc(Br)cn1C(C)C)C(=O)O. The number of carbonyl (C=O) groups excluding carboxylic acids is 1. The maximum Gasteiger partial charge on any atom is 0.326 e. The van der Waals surface area contributed by atoms with E-state index in [1.54, 1.807) is 6.07 Å². The Bertz CT molecular complexity index is 497. The Morgan fingerprint density at radius 2 is 2.00 bits per heavy atom. The van der Waals surface area contributed by atoms with E-state index in [1.165, 1.54) is 0 Å². The van der Waals surface area contributed by atoms with E-state index in [4.69, 9.17) is 0 Å². The molecule has 2 N–H and O–H groups in total. The number of halogens is 1. The van der Waals surface area contributed by atoms with Gasteiger partial charge in [0.25, 0.3) is 5.91 Å². The molecule has 2 unspecified atom stereocenters. The lowest BCUT2D eigenvalue weighted by atomic mass is 9.99. The molecule has 6 heteroatoms. The van der Waals surface area contributed by atoms with Gasteiger partial charge in [0.1, 0.15) is 11.7 Å². The highest BCUT2D eigenvalue weighted by atomic mass is 79.9. The van der Waals surface area contributed by atoms with Crippen LogP contribution in [0.4, 0.5) is 0 Å². The molecule has 0 radical (unpaired) electrons. The second-order valence-corrected chi connectivity index (χ2v) is 6.14. The van der Waals surface area contributed by atoms with E-state index in [9.17, 15) is 14.7 Å². The predicted octanol–water partition coefficient (Wildman–Crippen LogP) is 3.06. The van der Waals surface area contributed by atoms with E-state index in [0.29, 0.717) is 12.1 Å². The van der Waals surface area contributed by atoms with E-state index >= 15 is 0 Å². The van der Waals surface area contributed by atoms with Crippen LogP contribution in [0.15, 0.2) is 16.7 Å². The van der Waals surface area contributed by atoms with Gasteiger partial charge in [0.2, 0.25) is 0 Å². The highest BCUT2D eigenvalue weighted by Gasteiger charge is 2.27. The summed E-state index contributed by atoms with van der Waals surface area (Å²) < 4.78 is 2.61. The number of carbonyl (C=O) groups is 2. The van der Waals surface area contributed by atoms with Crippen molar-refractivity contribution in [1.29, 1.82) is 0 Å². The third kappa shape index (κ3) is 3.85. The summed E-state index contributed by atoms with van der Waals surface area (Å²) in [5.41, 5.74) is 0.460. The summed E-state index contributed by atoms with van der Waals surface area (Å²) in [5, 5.41) is 11.8. The second-order valence-electron chi connectivity index (χ2n) is 5.22. The third-order valence-corrected chi connectivity index (χ3v) is 3.80. The van der Waals surface area contributed by atoms with Crippen LogP contribution in [0, 0.1) is 5.92 Å². The first kappa shape index (κ1) is 16.8. The van der Waals surface area contributed by atoms with Gasteiger partial charge >= 0.3 is 5.97 Å². The van der Waals surface area contributed by atoms with E-state index in [1.807, 2.05) is 38.5 Å². The number of nitrogens with zero attached hydrogens (tertiary/aromatic N) is 1. The molecular formula is C14H21BrN2O3. The fourth-order valence-corrected chi connectivity index (χ4v) is 2.39. The van der Waals surface area contributed by atoms with Gasteiger partial charge in [-0.05, 0) is 41.8 Å². The molecular weight excluding hydrogens is 324 g/mol. The van der Waals surface area contributed by atoms with Crippen molar-refractivity contribution in [1.82, 2.24) is 9.88 Å². The zero-order chi connectivity index (χ0) is 15.4. The molecule has 0 saturated carbocycles. The van der Waals surface area contributed by atoms with Gasteiger partial charge in [-0.1, -0.05) is 20.3 Å². The van der Waals surface area contributed by atoms with Gasteiger partial charge in [-0.3, -0.25) is 4.79 Å². The minimum Gasteiger partial charge on any atom is -0.480 e. The van der Waals surface area contributed by atoms with Crippen LogP contribution < -0.4 is 5.32 Å². The van der Waals surface area contributed by atoms with E-state index in [0.717, 1.165) is 4.47 Å². The highest BCUT2D eigenvalue weighted by molar-refractivity contribution is 9.10. The Balaban J connectivity index is 2.98. The van der Waals surface area contributed by atoms with Gasteiger partial charge < -0.3 is 15.0 Å². The Hall–Kier alpha value is -1.30. The molecule has 1 amide bonds. The lowest BCUT2D eigenvalue weighted by Crippen LogP contribution is -2.45. The lowest BCUT2D eigenvalue weighted by molar-refractivity contribution is -0.140. The number of carboxylic acids is 1. The summed E-state index contributed by atoms with van der Waals surface area (Å²) in [6, 6.07) is 0.945. The Morgan fingerprint density at radius 1 is 1.40 bits per heavy atom. The number of amides is 1. The van der Waals surface area contributed by atoms with Crippen LogP contribution >= 0.6 is 15.9 Å². The maximum absolute atomic E-state index is 12.3. The van der Waals surface area contributed by atoms with Crippen LogP contribution in [0.3, 0.4) is 0 Å². The molecule has 112 valence electrons. The van der Waals surface area contributed by atoms with Crippen LogP contribution in [0.1, 0.15) is 50.6 Å². The molecule has 2 atom stereocenters. The Kier molecular flexibility index (Phi) is 5.80. The number of hydrogen-bond donors (Lipinski definition) is 2. The van der Waals surface area contributed by atoms with Crippen molar-refractivity contribution in [3.63, 3.8) is 0 Å². The zero-order valence-electron chi connectivity index (χ0n) is 12.2. The zero-order valence-corrected chi connectivity index (χ0v) is 13.8. The number of aromatic nitrogens is 1. The largest absolute Gasteiger partial charge is 0.480 e. The minimum absolute atomic E-state index is 0.119. The predicted molar refractivity (Wildman–Crippen MR) is 80.9 cm³/mol. The summed E-state index contributed by atoms with van der Waals surface area (Å²) in [6.07, 6.45) is 2.50. The fraction of sp³-hybridized carbons (Fsp3) is 0.571. The first-order valence-corrected chi connectivity index (χ1v) is 7.48. The molecule has 0 aliphatic heterocycles. The Labute approximate surface area is 127 Å². The first-order chi connectivity index (χ1) is 9.27. The molecule has 1 rings (SSSR count). The fourth-order valence-electron chi connectivity index (χ4n) is 1.95. The normalized spacial score (nSPS) is 14.1. The molecule has 1 aromatic heterocycles. The number of hydrogen-bond acceptors (Lipinski definition) is 2. The standard InChI is InChI=1S/C14H21BrN2O3/c1-5-9(4)12(14(19)20)16-13(18)11-6-10(15)7-17(11)8(2)3/h6-9,12H,5H2,1-4H3,(H,16,18)(H,19,20). The number of carboxylic acid groups (broad SMARTS) is 1. The van der Waals surface area contributed by atoms with Gasteiger partial charge in [-0.25, -0.2) is 4.79 Å². The molecule has 1 heterocycles. The highest BCUT2D eigenvalue weighted by Crippen LogP contribution is 2.20. The van der Waals surface area contributed by atoms with Crippen LogP contribution in [0.2, 0.25) is 0 Å². The topological polar surface area (TPSA) is 71.3 Å². The maximum atomic E-state index is 12.3. The molecule has 20 heavy (non-hydrogen) atoms. The quantitative estimate of drug-likeness (QED) is 0.832. The van der Waals surface area contributed by atoms with E-state index in [2.05, 4.69) is 21.2 Å². The Morgan fingerprint density at radius 3 is 2.45 bits per heavy atom. The molecule has 0 aliphatic rings. The van der Waals surface area contributed by atoms with Gasteiger partial charge in [0, 0.05) is 16.7 Å². The van der Waals surface area contributed by atoms with Crippen molar-refractivity contribution in [2.24, 2.45) is 5.92 Å². The number of rotatable bonds is 6. The van der Waals surface area contributed by atoms with Crippen LogP contribution in [0.25, 0.3) is 0 Å². The van der Waals surface area contributed by atoms with Crippen LogP contribution in [-0.4, -0.2) is 27.6 Å². The van der Waals surface area contributed by atoms with Crippen molar-refractivity contribution in [2.45, 2.75) is 46.2 Å². The number of nitrogens with one attached hydrogen (secondary N) is 1. The molecule has 0 fully saturated rings. The smallest absolute Gasteiger partial charge is 0.326 e. The second kappa shape index (κ2) is 6.92. The minimum atomic E-state index is -1.01. The van der Waals surface area contributed by atoms with Gasteiger partial charge in [0.05, 0.1) is 0 Å². The molecule has 0 aliphatic carbocycles. The first-order valence-electron chi connectivity index (χ1n) is 6.68. The summed E-state index contributed by atoms with van der Waals surface area (Å²) in [5.74, 6) is -1.49.